The smallest absolute Gasteiger partial charge is 0.258 e. The minimum atomic E-state index is -0.638. The maximum absolute atomic E-state index is 14.0. The van der Waals surface area contributed by atoms with E-state index in [1.54, 1.807) is 17.0 Å². The van der Waals surface area contributed by atoms with Crippen molar-refractivity contribution in [1.82, 2.24) is 9.80 Å². The number of halogens is 2. The van der Waals surface area contributed by atoms with Gasteiger partial charge in [0, 0.05) is 31.7 Å². The summed E-state index contributed by atoms with van der Waals surface area (Å²) in [6, 6.07) is 9.52. The van der Waals surface area contributed by atoms with Crippen LogP contribution < -0.4 is 4.74 Å². The topological polar surface area (TPSA) is 49.9 Å². The second-order valence-electron chi connectivity index (χ2n) is 6.59. The van der Waals surface area contributed by atoms with Crippen LogP contribution in [0, 0.1) is 12.7 Å². The Morgan fingerprint density at radius 1 is 1.07 bits per heavy atom. The molecule has 1 aliphatic heterocycles. The number of carbonyl (C=O) groups is 2. The van der Waals surface area contributed by atoms with Crippen molar-refractivity contribution >= 4 is 23.4 Å². The molecule has 5 nitrogen and oxygen atoms in total. The van der Waals surface area contributed by atoms with Gasteiger partial charge in [0.15, 0.2) is 0 Å². The van der Waals surface area contributed by atoms with Crippen molar-refractivity contribution in [3.63, 3.8) is 0 Å². The number of ether oxygens (including phenoxy) is 1. The summed E-state index contributed by atoms with van der Waals surface area (Å²) in [5, 5.41) is 0.0911. The molecular weight excluding hydrogens is 383 g/mol. The molecule has 1 fully saturated rings. The zero-order valence-corrected chi connectivity index (χ0v) is 16.6. The molecule has 0 atom stereocenters. The van der Waals surface area contributed by atoms with E-state index in [1.165, 1.54) is 23.1 Å². The molecule has 0 unspecified atom stereocenters. The lowest BCUT2D eigenvalue weighted by Gasteiger charge is -2.35. The second kappa shape index (κ2) is 8.61. The van der Waals surface area contributed by atoms with E-state index in [0.717, 1.165) is 11.3 Å². The maximum Gasteiger partial charge on any atom is 0.258 e. The quantitative estimate of drug-likeness (QED) is 0.779. The Balaban J connectivity index is 1.66. The highest BCUT2D eigenvalue weighted by Crippen LogP contribution is 2.23. The molecule has 0 bridgehead atoms. The van der Waals surface area contributed by atoms with Crippen LogP contribution in [0.15, 0.2) is 36.4 Å². The van der Waals surface area contributed by atoms with Crippen LogP contribution in [-0.4, -0.2) is 54.4 Å². The lowest BCUT2D eigenvalue weighted by atomic mass is 10.1. The van der Waals surface area contributed by atoms with E-state index in [1.807, 2.05) is 19.9 Å². The van der Waals surface area contributed by atoms with Crippen molar-refractivity contribution in [2.24, 2.45) is 0 Å². The number of amides is 2. The van der Waals surface area contributed by atoms with Crippen LogP contribution >= 0.6 is 11.6 Å². The van der Waals surface area contributed by atoms with Gasteiger partial charge >= 0.3 is 0 Å². The first-order chi connectivity index (χ1) is 13.4. The minimum absolute atomic E-state index is 0.0911. The summed E-state index contributed by atoms with van der Waals surface area (Å²) in [5.74, 6) is -0.425. The number of aryl methyl sites for hydroxylation is 1. The zero-order chi connectivity index (χ0) is 20.3. The van der Waals surface area contributed by atoms with Crippen LogP contribution in [0.4, 0.5) is 4.39 Å². The molecule has 2 amide bonds. The molecule has 0 radical (unpaired) electrons. The number of hydrogen-bond donors (Lipinski definition) is 0. The van der Waals surface area contributed by atoms with Crippen LogP contribution in [0.25, 0.3) is 0 Å². The van der Waals surface area contributed by atoms with Crippen LogP contribution in [0.1, 0.15) is 33.2 Å². The van der Waals surface area contributed by atoms with Gasteiger partial charge in [-0.05, 0) is 49.7 Å². The molecule has 3 rings (SSSR count). The Hall–Kier alpha value is -2.60. The van der Waals surface area contributed by atoms with Gasteiger partial charge in [-0.3, -0.25) is 9.59 Å². The Kier molecular flexibility index (Phi) is 6.19. The highest BCUT2D eigenvalue weighted by molar-refractivity contribution is 6.33. The first-order valence-corrected chi connectivity index (χ1v) is 9.56. The Labute approximate surface area is 168 Å². The molecule has 0 N–H and O–H groups in total. The number of hydrogen-bond acceptors (Lipinski definition) is 3. The average Bonchev–Trinajstić information content (AvgIpc) is 2.69. The number of rotatable bonds is 4. The first-order valence-electron chi connectivity index (χ1n) is 9.18. The third-order valence-electron chi connectivity index (χ3n) is 4.75. The third kappa shape index (κ3) is 4.12. The van der Waals surface area contributed by atoms with Crippen LogP contribution in [0.2, 0.25) is 5.02 Å². The van der Waals surface area contributed by atoms with E-state index >= 15 is 0 Å². The van der Waals surface area contributed by atoms with Crippen LogP contribution in [0.3, 0.4) is 0 Å². The molecule has 148 valence electrons. The van der Waals surface area contributed by atoms with E-state index in [4.69, 9.17) is 16.3 Å². The molecule has 1 saturated heterocycles. The summed E-state index contributed by atoms with van der Waals surface area (Å²) < 4.78 is 19.5. The van der Waals surface area contributed by atoms with Gasteiger partial charge in [-0.1, -0.05) is 17.7 Å². The van der Waals surface area contributed by atoms with Crippen LogP contribution in [0.5, 0.6) is 5.75 Å². The highest BCUT2D eigenvalue weighted by Gasteiger charge is 2.28. The molecule has 1 heterocycles. The molecule has 28 heavy (non-hydrogen) atoms. The van der Waals surface area contributed by atoms with E-state index in [0.29, 0.717) is 38.3 Å². The van der Waals surface area contributed by atoms with Crippen LogP contribution in [-0.2, 0) is 0 Å². The molecule has 2 aromatic carbocycles. The van der Waals surface area contributed by atoms with Gasteiger partial charge in [0.05, 0.1) is 17.2 Å². The predicted molar refractivity (Wildman–Crippen MR) is 106 cm³/mol. The Morgan fingerprint density at radius 2 is 1.71 bits per heavy atom. The molecular formula is C21H22ClFN2O3. The van der Waals surface area contributed by atoms with Crippen molar-refractivity contribution in [3.05, 3.63) is 63.9 Å². The van der Waals surface area contributed by atoms with Gasteiger partial charge < -0.3 is 14.5 Å². The Bertz CT molecular complexity index is 875. The summed E-state index contributed by atoms with van der Waals surface area (Å²) in [6.07, 6.45) is 0. The van der Waals surface area contributed by atoms with Crippen molar-refractivity contribution in [2.75, 3.05) is 32.8 Å². The highest BCUT2D eigenvalue weighted by atomic mass is 35.5. The number of benzene rings is 2. The van der Waals surface area contributed by atoms with E-state index < -0.39 is 11.7 Å². The van der Waals surface area contributed by atoms with Gasteiger partial charge in [0.1, 0.15) is 11.6 Å². The molecule has 1 aliphatic rings. The maximum atomic E-state index is 14.0. The van der Waals surface area contributed by atoms with Crippen molar-refractivity contribution in [1.29, 1.82) is 0 Å². The SMILES string of the molecule is CCOc1ccc(C(=O)N2CCN(C(=O)c3c(F)cccc3Cl)CC2)cc1C. The van der Waals surface area contributed by atoms with Gasteiger partial charge in [-0.15, -0.1) is 0 Å². The zero-order valence-electron chi connectivity index (χ0n) is 15.9. The van der Waals surface area contributed by atoms with E-state index in [9.17, 15) is 14.0 Å². The molecule has 0 aliphatic carbocycles. The molecule has 0 spiro atoms. The fourth-order valence-electron chi connectivity index (χ4n) is 3.26. The lowest BCUT2D eigenvalue weighted by Crippen LogP contribution is -2.50. The standard InChI is InChI=1S/C21H22ClFN2O3/c1-3-28-18-8-7-15(13-14(18)2)20(26)24-9-11-25(12-10-24)21(27)19-16(22)5-4-6-17(19)23/h4-8,13H,3,9-12H2,1-2H3. The van der Waals surface area contributed by atoms with E-state index in [2.05, 4.69) is 0 Å². The van der Waals surface area contributed by atoms with Crippen molar-refractivity contribution < 1.29 is 18.7 Å². The largest absolute Gasteiger partial charge is 0.494 e. The first kappa shape index (κ1) is 20.1. The number of nitrogens with zero attached hydrogens (tertiary/aromatic N) is 2. The van der Waals surface area contributed by atoms with Crippen molar-refractivity contribution in [2.45, 2.75) is 13.8 Å². The van der Waals surface area contributed by atoms with E-state index in [-0.39, 0.29) is 16.5 Å². The monoisotopic (exact) mass is 404 g/mol. The summed E-state index contributed by atoms with van der Waals surface area (Å²) in [6.45, 7) is 5.78. The molecule has 0 aromatic heterocycles. The Morgan fingerprint density at radius 3 is 2.29 bits per heavy atom. The van der Waals surface area contributed by atoms with Gasteiger partial charge in [0.25, 0.3) is 11.8 Å². The summed E-state index contributed by atoms with van der Waals surface area (Å²) >= 11 is 5.99. The molecule has 7 heteroatoms. The number of piperazine rings is 1. The van der Waals surface area contributed by atoms with Gasteiger partial charge in [-0.25, -0.2) is 4.39 Å². The fourth-order valence-corrected chi connectivity index (χ4v) is 3.50. The molecule has 0 saturated carbocycles. The summed E-state index contributed by atoms with van der Waals surface area (Å²) in [4.78, 5) is 28.6. The van der Waals surface area contributed by atoms with Gasteiger partial charge in [0.2, 0.25) is 0 Å². The normalized spacial score (nSPS) is 14.1. The third-order valence-corrected chi connectivity index (χ3v) is 5.07. The number of carbonyl (C=O) groups excluding carboxylic acids is 2. The minimum Gasteiger partial charge on any atom is -0.494 e. The van der Waals surface area contributed by atoms with Gasteiger partial charge in [-0.2, -0.15) is 0 Å². The summed E-state index contributed by atoms with van der Waals surface area (Å²) in [5.41, 5.74) is 1.36. The summed E-state index contributed by atoms with van der Waals surface area (Å²) in [7, 11) is 0. The predicted octanol–water partition coefficient (Wildman–Crippen LogP) is 3.78. The molecule has 2 aromatic rings. The second-order valence-corrected chi connectivity index (χ2v) is 7.00. The van der Waals surface area contributed by atoms with Crippen molar-refractivity contribution in [3.8, 4) is 5.75 Å². The lowest BCUT2D eigenvalue weighted by molar-refractivity contribution is 0.0533. The fraction of sp³-hybridized carbons (Fsp3) is 0.333. The average molecular weight is 405 g/mol.